The van der Waals surface area contributed by atoms with Crippen LogP contribution < -0.4 is 0 Å². The predicted molar refractivity (Wildman–Crippen MR) is 52.9 cm³/mol. The fraction of sp³-hybridized carbons (Fsp3) is 0.900. The van der Waals surface area contributed by atoms with Crippen LogP contribution in [0.25, 0.3) is 0 Å². The molecule has 80 valence electrons. The van der Waals surface area contributed by atoms with E-state index < -0.39 is 0 Å². The summed E-state index contributed by atoms with van der Waals surface area (Å²) < 4.78 is 0. The van der Waals surface area contributed by atoms with Gasteiger partial charge in [0.25, 0.3) is 0 Å². The number of amides is 1. The number of hydrogen-bond donors (Lipinski definition) is 1. The minimum Gasteiger partial charge on any atom is -0.392 e. The molecule has 2 aliphatic rings. The van der Waals surface area contributed by atoms with Gasteiger partial charge < -0.3 is 10.0 Å². The highest BCUT2D eigenvalue weighted by Crippen LogP contribution is 2.25. The Morgan fingerprint density at radius 3 is 2.71 bits per heavy atom. The topological polar surface area (TPSA) is 43.8 Å². The van der Waals surface area contributed by atoms with Crippen LogP contribution in [0, 0.1) is 0 Å². The van der Waals surface area contributed by atoms with Gasteiger partial charge in [-0.1, -0.05) is 0 Å². The third kappa shape index (κ3) is 2.25. The SMILES string of the molecule is CN(C(=O)CN1CCC(O)C1)C1CC1. The Hall–Kier alpha value is -0.610. The Morgan fingerprint density at radius 2 is 2.21 bits per heavy atom. The first-order chi connectivity index (χ1) is 6.66. The van der Waals surface area contributed by atoms with Crippen molar-refractivity contribution in [3.05, 3.63) is 0 Å². The van der Waals surface area contributed by atoms with Crippen LogP contribution in [-0.4, -0.2) is 59.6 Å². The van der Waals surface area contributed by atoms with Crippen LogP contribution in [-0.2, 0) is 4.79 Å². The molecule has 1 atom stereocenters. The minimum atomic E-state index is -0.228. The molecule has 0 aromatic carbocycles. The average molecular weight is 198 g/mol. The number of likely N-dealkylation sites (N-methyl/N-ethyl adjacent to an activating group) is 1. The fourth-order valence-corrected chi connectivity index (χ4v) is 1.92. The van der Waals surface area contributed by atoms with Crippen LogP contribution in [0.15, 0.2) is 0 Å². The maximum absolute atomic E-state index is 11.7. The van der Waals surface area contributed by atoms with Crippen molar-refractivity contribution in [3.63, 3.8) is 0 Å². The van der Waals surface area contributed by atoms with Gasteiger partial charge in [-0.15, -0.1) is 0 Å². The monoisotopic (exact) mass is 198 g/mol. The molecule has 2 fully saturated rings. The Labute approximate surface area is 84.5 Å². The predicted octanol–water partition coefficient (Wildman–Crippen LogP) is -0.326. The summed E-state index contributed by atoms with van der Waals surface area (Å²) in [6.07, 6.45) is 2.89. The molecule has 0 bridgehead atoms. The summed E-state index contributed by atoms with van der Waals surface area (Å²) >= 11 is 0. The molecule has 0 spiro atoms. The van der Waals surface area contributed by atoms with Crippen molar-refractivity contribution in [1.82, 2.24) is 9.80 Å². The maximum atomic E-state index is 11.7. The van der Waals surface area contributed by atoms with E-state index in [0.29, 0.717) is 19.1 Å². The first-order valence-corrected chi connectivity index (χ1v) is 5.33. The van der Waals surface area contributed by atoms with Gasteiger partial charge in [0.2, 0.25) is 5.91 Å². The molecule has 1 heterocycles. The number of rotatable bonds is 3. The summed E-state index contributed by atoms with van der Waals surface area (Å²) in [5.74, 6) is 0.196. The van der Waals surface area contributed by atoms with Gasteiger partial charge in [-0.3, -0.25) is 9.69 Å². The number of aliphatic hydroxyl groups is 1. The number of nitrogens with zero attached hydrogens (tertiary/aromatic N) is 2. The Morgan fingerprint density at radius 1 is 1.50 bits per heavy atom. The number of aliphatic hydroxyl groups excluding tert-OH is 1. The van der Waals surface area contributed by atoms with Crippen molar-refractivity contribution in [1.29, 1.82) is 0 Å². The highest BCUT2D eigenvalue weighted by molar-refractivity contribution is 5.78. The van der Waals surface area contributed by atoms with E-state index in [1.165, 1.54) is 0 Å². The lowest BCUT2D eigenvalue weighted by Gasteiger charge is -2.20. The number of β-amino-alcohol motifs (C(OH)–C–C–N with tert-alkyl or cyclic N) is 1. The van der Waals surface area contributed by atoms with Crippen molar-refractivity contribution >= 4 is 5.91 Å². The number of carbonyl (C=O) groups is 1. The zero-order chi connectivity index (χ0) is 10.1. The van der Waals surface area contributed by atoms with Gasteiger partial charge in [0, 0.05) is 26.2 Å². The van der Waals surface area contributed by atoms with Crippen molar-refractivity contribution in [2.24, 2.45) is 0 Å². The first-order valence-electron chi connectivity index (χ1n) is 5.33. The summed E-state index contributed by atoms with van der Waals surface area (Å²) in [6.45, 7) is 1.99. The summed E-state index contributed by atoms with van der Waals surface area (Å²) in [7, 11) is 1.88. The normalized spacial score (nSPS) is 28.0. The van der Waals surface area contributed by atoms with Crippen LogP contribution in [0.5, 0.6) is 0 Å². The number of likely N-dealkylation sites (tertiary alicyclic amines) is 1. The van der Waals surface area contributed by atoms with E-state index in [0.717, 1.165) is 25.8 Å². The van der Waals surface area contributed by atoms with E-state index in [-0.39, 0.29) is 12.0 Å². The van der Waals surface area contributed by atoms with Gasteiger partial charge in [-0.2, -0.15) is 0 Å². The van der Waals surface area contributed by atoms with Crippen molar-refractivity contribution in [2.45, 2.75) is 31.4 Å². The summed E-state index contributed by atoms with van der Waals surface area (Å²) in [4.78, 5) is 15.6. The van der Waals surface area contributed by atoms with E-state index in [1.807, 2.05) is 16.8 Å². The lowest BCUT2D eigenvalue weighted by atomic mass is 10.3. The number of carbonyl (C=O) groups excluding carboxylic acids is 1. The van der Waals surface area contributed by atoms with Crippen molar-refractivity contribution in [3.8, 4) is 0 Å². The number of hydrogen-bond acceptors (Lipinski definition) is 3. The molecule has 4 nitrogen and oxygen atoms in total. The molecular weight excluding hydrogens is 180 g/mol. The van der Waals surface area contributed by atoms with E-state index in [1.54, 1.807) is 0 Å². The Balaban J connectivity index is 1.76. The molecule has 0 radical (unpaired) electrons. The molecule has 1 unspecified atom stereocenters. The molecule has 1 saturated carbocycles. The smallest absolute Gasteiger partial charge is 0.236 e. The summed E-state index contributed by atoms with van der Waals surface area (Å²) in [5.41, 5.74) is 0. The van der Waals surface area contributed by atoms with Gasteiger partial charge in [-0.05, 0) is 19.3 Å². The maximum Gasteiger partial charge on any atom is 0.236 e. The lowest BCUT2D eigenvalue weighted by Crippen LogP contribution is -2.38. The molecule has 0 aromatic heterocycles. The van der Waals surface area contributed by atoms with E-state index >= 15 is 0 Å². The van der Waals surface area contributed by atoms with Crippen molar-refractivity contribution < 1.29 is 9.90 Å². The van der Waals surface area contributed by atoms with Gasteiger partial charge >= 0.3 is 0 Å². The molecule has 4 heteroatoms. The average Bonchev–Trinajstić information content (AvgIpc) is 2.91. The zero-order valence-electron chi connectivity index (χ0n) is 8.65. The van der Waals surface area contributed by atoms with Gasteiger partial charge in [0.1, 0.15) is 0 Å². The largest absolute Gasteiger partial charge is 0.392 e. The lowest BCUT2D eigenvalue weighted by molar-refractivity contribution is -0.131. The zero-order valence-corrected chi connectivity index (χ0v) is 8.65. The second kappa shape index (κ2) is 3.87. The van der Waals surface area contributed by atoms with E-state index in [2.05, 4.69) is 0 Å². The van der Waals surface area contributed by atoms with Crippen LogP contribution in [0.1, 0.15) is 19.3 Å². The van der Waals surface area contributed by atoms with Crippen LogP contribution in [0.3, 0.4) is 0 Å². The molecule has 1 N–H and O–H groups in total. The Kier molecular flexibility index (Phi) is 2.74. The fourth-order valence-electron chi connectivity index (χ4n) is 1.92. The summed E-state index contributed by atoms with van der Waals surface area (Å²) in [5, 5.41) is 9.31. The highest BCUT2D eigenvalue weighted by atomic mass is 16.3. The first kappa shape index (κ1) is 9.93. The highest BCUT2D eigenvalue weighted by Gasteiger charge is 2.31. The van der Waals surface area contributed by atoms with Crippen LogP contribution in [0.2, 0.25) is 0 Å². The molecular formula is C10H18N2O2. The molecule has 1 aliphatic carbocycles. The van der Waals surface area contributed by atoms with Gasteiger partial charge in [0.05, 0.1) is 12.6 Å². The molecule has 1 amide bonds. The second-order valence-electron chi connectivity index (χ2n) is 4.41. The van der Waals surface area contributed by atoms with Crippen molar-refractivity contribution in [2.75, 3.05) is 26.7 Å². The minimum absolute atomic E-state index is 0.196. The molecule has 1 saturated heterocycles. The van der Waals surface area contributed by atoms with Gasteiger partial charge in [0.15, 0.2) is 0 Å². The Bertz CT molecular complexity index is 228. The van der Waals surface area contributed by atoms with Crippen LogP contribution in [0.4, 0.5) is 0 Å². The standard InChI is InChI=1S/C10H18N2O2/c1-11(8-2-3-8)10(14)7-12-5-4-9(13)6-12/h8-9,13H,2-7H2,1H3. The second-order valence-corrected chi connectivity index (χ2v) is 4.41. The van der Waals surface area contributed by atoms with Crippen LogP contribution >= 0.6 is 0 Å². The third-order valence-corrected chi connectivity index (χ3v) is 3.09. The molecule has 1 aliphatic heterocycles. The molecule has 0 aromatic rings. The third-order valence-electron chi connectivity index (χ3n) is 3.09. The quantitative estimate of drug-likeness (QED) is 0.675. The van der Waals surface area contributed by atoms with E-state index in [9.17, 15) is 9.90 Å². The van der Waals surface area contributed by atoms with Gasteiger partial charge in [-0.25, -0.2) is 0 Å². The summed E-state index contributed by atoms with van der Waals surface area (Å²) in [6, 6.07) is 0.495. The molecule has 14 heavy (non-hydrogen) atoms. The molecule has 2 rings (SSSR count). The van der Waals surface area contributed by atoms with E-state index in [4.69, 9.17) is 0 Å².